The van der Waals surface area contributed by atoms with E-state index in [1.54, 1.807) is 0 Å². The maximum absolute atomic E-state index is 8.93. The van der Waals surface area contributed by atoms with Gasteiger partial charge in [-0.2, -0.15) is 0 Å². The van der Waals surface area contributed by atoms with Crippen molar-refractivity contribution < 1.29 is 9.84 Å². The number of aliphatic hydroxyl groups is 1. The maximum atomic E-state index is 8.93. The molecule has 1 saturated heterocycles. The van der Waals surface area contributed by atoms with E-state index in [9.17, 15) is 0 Å². The Balaban J connectivity index is 2.46. The molecule has 1 heterocycles. The second-order valence-electron chi connectivity index (χ2n) is 3.97. The topological polar surface area (TPSA) is 29.5 Å². The van der Waals surface area contributed by atoms with Crippen molar-refractivity contribution in [3.63, 3.8) is 0 Å². The first kappa shape index (κ1) is 11.0. The normalized spacial score (nSPS) is 30.7. The van der Waals surface area contributed by atoms with Gasteiger partial charge in [0.1, 0.15) is 0 Å². The van der Waals surface area contributed by atoms with Crippen molar-refractivity contribution in [1.82, 2.24) is 0 Å². The lowest BCUT2D eigenvalue weighted by molar-refractivity contribution is 0.0290. The summed E-state index contributed by atoms with van der Waals surface area (Å²) in [5, 5.41) is 8.93. The van der Waals surface area contributed by atoms with Gasteiger partial charge in [-0.3, -0.25) is 0 Å². The van der Waals surface area contributed by atoms with Crippen LogP contribution in [0.5, 0.6) is 0 Å². The molecule has 0 radical (unpaired) electrons. The highest BCUT2D eigenvalue weighted by atomic mass is 16.5. The van der Waals surface area contributed by atoms with E-state index in [0.717, 1.165) is 25.4 Å². The predicted molar refractivity (Wildman–Crippen MR) is 53.6 cm³/mol. The molecule has 0 amide bonds. The Kier molecular flexibility index (Phi) is 4.74. The number of rotatable bonds is 5. The lowest BCUT2D eigenvalue weighted by atomic mass is 9.85. The predicted octanol–water partition coefficient (Wildman–Crippen LogP) is 2.21. The average molecular weight is 186 g/mol. The molecule has 0 aromatic rings. The van der Waals surface area contributed by atoms with Crippen molar-refractivity contribution in [3.8, 4) is 0 Å². The third kappa shape index (κ3) is 2.68. The molecular formula is C11H22O2. The monoisotopic (exact) mass is 186 g/mol. The zero-order valence-corrected chi connectivity index (χ0v) is 8.83. The minimum absolute atomic E-state index is 0.300. The molecule has 2 nitrogen and oxygen atoms in total. The Morgan fingerprint density at radius 1 is 1.46 bits per heavy atom. The van der Waals surface area contributed by atoms with Gasteiger partial charge in [-0.1, -0.05) is 26.7 Å². The Bertz CT molecular complexity index is 136. The van der Waals surface area contributed by atoms with Crippen LogP contribution in [-0.4, -0.2) is 24.4 Å². The first-order chi connectivity index (χ1) is 6.33. The average Bonchev–Trinajstić information content (AvgIpc) is 2.61. The summed E-state index contributed by atoms with van der Waals surface area (Å²) in [5.41, 5.74) is 0. The van der Waals surface area contributed by atoms with E-state index in [0.29, 0.717) is 18.6 Å². The van der Waals surface area contributed by atoms with Gasteiger partial charge in [0.2, 0.25) is 0 Å². The third-order valence-corrected chi connectivity index (χ3v) is 3.28. The van der Waals surface area contributed by atoms with E-state index in [1.807, 2.05) is 0 Å². The summed E-state index contributed by atoms with van der Waals surface area (Å²) < 4.78 is 5.75. The van der Waals surface area contributed by atoms with Crippen molar-refractivity contribution in [2.24, 2.45) is 11.8 Å². The zero-order valence-electron chi connectivity index (χ0n) is 8.83. The molecule has 3 atom stereocenters. The van der Waals surface area contributed by atoms with E-state index in [1.165, 1.54) is 12.8 Å². The molecule has 78 valence electrons. The second kappa shape index (κ2) is 5.61. The van der Waals surface area contributed by atoms with Crippen LogP contribution in [0.2, 0.25) is 0 Å². The van der Waals surface area contributed by atoms with Gasteiger partial charge in [-0.25, -0.2) is 0 Å². The van der Waals surface area contributed by atoms with Crippen molar-refractivity contribution >= 4 is 0 Å². The Morgan fingerprint density at radius 2 is 2.23 bits per heavy atom. The fourth-order valence-corrected chi connectivity index (χ4v) is 2.38. The van der Waals surface area contributed by atoms with E-state index < -0.39 is 0 Å². The number of hydrogen-bond donors (Lipinski definition) is 1. The Morgan fingerprint density at radius 3 is 2.77 bits per heavy atom. The van der Waals surface area contributed by atoms with E-state index in [4.69, 9.17) is 9.84 Å². The van der Waals surface area contributed by atoms with E-state index in [-0.39, 0.29) is 0 Å². The summed E-state index contributed by atoms with van der Waals surface area (Å²) >= 11 is 0. The van der Waals surface area contributed by atoms with Crippen LogP contribution >= 0.6 is 0 Å². The summed E-state index contributed by atoms with van der Waals surface area (Å²) in [4.78, 5) is 0. The zero-order chi connectivity index (χ0) is 9.68. The lowest BCUT2D eigenvalue weighted by Gasteiger charge is -2.25. The molecule has 13 heavy (non-hydrogen) atoms. The van der Waals surface area contributed by atoms with Gasteiger partial charge in [-0.15, -0.1) is 0 Å². The first-order valence-electron chi connectivity index (χ1n) is 5.55. The molecule has 1 rings (SSSR count). The molecular weight excluding hydrogens is 164 g/mol. The van der Waals surface area contributed by atoms with Gasteiger partial charge in [0.25, 0.3) is 0 Å². The van der Waals surface area contributed by atoms with Crippen LogP contribution in [0.15, 0.2) is 0 Å². The van der Waals surface area contributed by atoms with Crippen LogP contribution in [0.4, 0.5) is 0 Å². The molecule has 0 bridgehead atoms. The molecule has 0 aromatic carbocycles. The van der Waals surface area contributed by atoms with Crippen molar-refractivity contribution in [1.29, 1.82) is 0 Å². The van der Waals surface area contributed by atoms with Gasteiger partial charge in [0.15, 0.2) is 0 Å². The molecule has 0 aliphatic carbocycles. The fourth-order valence-electron chi connectivity index (χ4n) is 2.38. The molecule has 1 N–H and O–H groups in total. The molecule has 3 unspecified atom stereocenters. The minimum Gasteiger partial charge on any atom is -0.396 e. The standard InChI is InChI=1S/C11H22O2/c1-3-9(5-7-12)11-10(4-2)6-8-13-11/h9-12H,3-8H2,1-2H3. The number of aliphatic hydroxyl groups excluding tert-OH is 1. The largest absolute Gasteiger partial charge is 0.396 e. The van der Waals surface area contributed by atoms with Crippen LogP contribution in [0.3, 0.4) is 0 Å². The van der Waals surface area contributed by atoms with Crippen molar-refractivity contribution in [3.05, 3.63) is 0 Å². The highest BCUT2D eigenvalue weighted by Gasteiger charge is 2.32. The Labute approximate surface area is 81.3 Å². The van der Waals surface area contributed by atoms with Crippen LogP contribution in [0, 0.1) is 11.8 Å². The van der Waals surface area contributed by atoms with Crippen LogP contribution in [-0.2, 0) is 4.74 Å². The quantitative estimate of drug-likeness (QED) is 0.713. The van der Waals surface area contributed by atoms with Gasteiger partial charge in [0, 0.05) is 13.2 Å². The number of ether oxygens (including phenoxy) is 1. The summed E-state index contributed by atoms with van der Waals surface area (Å²) in [6, 6.07) is 0. The minimum atomic E-state index is 0.300. The maximum Gasteiger partial charge on any atom is 0.0632 e. The van der Waals surface area contributed by atoms with Gasteiger partial charge < -0.3 is 9.84 Å². The smallest absolute Gasteiger partial charge is 0.0632 e. The van der Waals surface area contributed by atoms with Gasteiger partial charge in [-0.05, 0) is 24.7 Å². The molecule has 0 aromatic heterocycles. The lowest BCUT2D eigenvalue weighted by Crippen LogP contribution is -2.26. The molecule has 1 aliphatic heterocycles. The molecule has 1 fully saturated rings. The van der Waals surface area contributed by atoms with Crippen molar-refractivity contribution in [2.75, 3.05) is 13.2 Å². The SMILES string of the molecule is CCC(CCO)C1OCCC1CC. The number of hydrogen-bond acceptors (Lipinski definition) is 2. The second-order valence-corrected chi connectivity index (χ2v) is 3.97. The summed E-state index contributed by atoms with van der Waals surface area (Å²) in [6.45, 7) is 5.65. The van der Waals surface area contributed by atoms with E-state index in [2.05, 4.69) is 13.8 Å². The summed E-state index contributed by atoms with van der Waals surface area (Å²) in [6.07, 6.45) is 4.87. The third-order valence-electron chi connectivity index (χ3n) is 3.28. The van der Waals surface area contributed by atoms with Crippen LogP contribution < -0.4 is 0 Å². The first-order valence-corrected chi connectivity index (χ1v) is 5.55. The molecule has 0 saturated carbocycles. The van der Waals surface area contributed by atoms with Crippen LogP contribution in [0.1, 0.15) is 39.5 Å². The van der Waals surface area contributed by atoms with Gasteiger partial charge in [0.05, 0.1) is 6.10 Å². The molecule has 1 aliphatic rings. The van der Waals surface area contributed by atoms with Crippen molar-refractivity contribution in [2.45, 2.75) is 45.6 Å². The summed E-state index contributed by atoms with van der Waals surface area (Å²) in [7, 11) is 0. The highest BCUT2D eigenvalue weighted by Crippen LogP contribution is 2.32. The van der Waals surface area contributed by atoms with Gasteiger partial charge >= 0.3 is 0 Å². The molecule has 2 heteroatoms. The fraction of sp³-hybridized carbons (Fsp3) is 1.00. The summed E-state index contributed by atoms with van der Waals surface area (Å²) in [5.74, 6) is 1.30. The highest BCUT2D eigenvalue weighted by molar-refractivity contribution is 4.81. The molecule has 0 spiro atoms. The van der Waals surface area contributed by atoms with Crippen LogP contribution in [0.25, 0.3) is 0 Å². The van der Waals surface area contributed by atoms with E-state index >= 15 is 0 Å². The Hall–Kier alpha value is -0.0800.